The molecule has 1 aromatic heterocycles. The topological polar surface area (TPSA) is 107 Å². The molecule has 0 aliphatic heterocycles. The normalized spacial score (nSPS) is 10.2. The van der Waals surface area contributed by atoms with Crippen LogP contribution in [0.5, 0.6) is 5.75 Å². The van der Waals surface area contributed by atoms with Crippen LogP contribution in [0.1, 0.15) is 10.5 Å². The highest BCUT2D eigenvalue weighted by molar-refractivity contribution is 5.85. The van der Waals surface area contributed by atoms with Crippen LogP contribution in [0.15, 0.2) is 30.7 Å². The van der Waals surface area contributed by atoms with E-state index in [2.05, 4.69) is 4.98 Å². The van der Waals surface area contributed by atoms with E-state index in [0.717, 1.165) is 0 Å². The summed E-state index contributed by atoms with van der Waals surface area (Å²) in [4.78, 5) is 24.9. The number of nitrogens with zero attached hydrogens (tertiary/aromatic N) is 3. The quantitative estimate of drug-likeness (QED) is 0.661. The number of hydrogen-bond donors (Lipinski definition) is 1. The number of aromatic nitrogens is 2. The molecule has 0 spiro atoms. The van der Waals surface area contributed by atoms with Gasteiger partial charge in [0.1, 0.15) is 12.0 Å². The number of carboxylic acid groups (broad SMARTS) is 1. The lowest BCUT2D eigenvalue weighted by Gasteiger charge is -2.06. The lowest BCUT2D eigenvalue weighted by Crippen LogP contribution is -2.01. The zero-order valence-corrected chi connectivity index (χ0v) is 9.81. The van der Waals surface area contributed by atoms with E-state index >= 15 is 0 Å². The summed E-state index contributed by atoms with van der Waals surface area (Å²) in [6.45, 7) is 0. The molecule has 98 valence electrons. The fourth-order valence-corrected chi connectivity index (χ4v) is 1.63. The largest absolute Gasteiger partial charge is 0.490 e. The molecule has 2 aromatic rings. The van der Waals surface area contributed by atoms with Crippen molar-refractivity contribution in [1.82, 2.24) is 9.55 Å². The summed E-state index contributed by atoms with van der Waals surface area (Å²) < 4.78 is 6.20. The van der Waals surface area contributed by atoms with E-state index in [1.54, 1.807) is 6.07 Å². The van der Waals surface area contributed by atoms with Crippen molar-refractivity contribution in [2.24, 2.45) is 0 Å². The highest BCUT2D eigenvalue weighted by Crippen LogP contribution is 2.33. The van der Waals surface area contributed by atoms with Gasteiger partial charge in [0.2, 0.25) is 0 Å². The summed E-state index contributed by atoms with van der Waals surface area (Å²) in [6.07, 6.45) is 2.40. The SMILES string of the molecule is COc1cccc(-n2cnc(C(=O)O)c2)c1[N+](=O)[O-]. The molecule has 8 heteroatoms. The number of ether oxygens (including phenoxy) is 1. The van der Waals surface area contributed by atoms with Crippen LogP contribution in [0.25, 0.3) is 5.69 Å². The van der Waals surface area contributed by atoms with Crippen molar-refractivity contribution in [2.75, 3.05) is 7.11 Å². The van der Waals surface area contributed by atoms with Gasteiger partial charge in [0.05, 0.1) is 12.0 Å². The molecule has 0 atom stereocenters. The fraction of sp³-hybridized carbons (Fsp3) is 0.0909. The highest BCUT2D eigenvalue weighted by Gasteiger charge is 2.22. The number of hydrogen-bond acceptors (Lipinski definition) is 5. The monoisotopic (exact) mass is 263 g/mol. The van der Waals surface area contributed by atoms with Crippen LogP contribution in [0.2, 0.25) is 0 Å². The number of carboxylic acids is 1. The zero-order chi connectivity index (χ0) is 14.0. The van der Waals surface area contributed by atoms with Crippen molar-refractivity contribution in [3.63, 3.8) is 0 Å². The number of nitro benzene ring substituents is 1. The van der Waals surface area contributed by atoms with Gasteiger partial charge in [-0.15, -0.1) is 0 Å². The Hall–Kier alpha value is -2.90. The number of methoxy groups -OCH3 is 1. The van der Waals surface area contributed by atoms with E-state index in [-0.39, 0.29) is 22.8 Å². The number of imidazole rings is 1. The predicted octanol–water partition coefficient (Wildman–Crippen LogP) is 1.49. The molecule has 8 nitrogen and oxygen atoms in total. The van der Waals surface area contributed by atoms with Gasteiger partial charge in [-0.3, -0.25) is 14.7 Å². The smallest absolute Gasteiger partial charge is 0.356 e. The first-order valence-corrected chi connectivity index (χ1v) is 5.13. The summed E-state index contributed by atoms with van der Waals surface area (Å²) >= 11 is 0. The third-order valence-corrected chi connectivity index (χ3v) is 2.46. The number of para-hydroxylation sites is 1. The Labute approximate surface area is 107 Å². The van der Waals surface area contributed by atoms with Crippen LogP contribution >= 0.6 is 0 Å². The minimum Gasteiger partial charge on any atom is -0.490 e. The Morgan fingerprint density at radius 2 is 2.26 bits per heavy atom. The van der Waals surface area contributed by atoms with Gasteiger partial charge >= 0.3 is 11.7 Å². The molecule has 0 saturated carbocycles. The highest BCUT2D eigenvalue weighted by atomic mass is 16.6. The average Bonchev–Trinajstić information content (AvgIpc) is 2.87. The molecule has 0 radical (unpaired) electrons. The van der Waals surface area contributed by atoms with Crippen LogP contribution < -0.4 is 4.74 Å². The van der Waals surface area contributed by atoms with Crippen LogP contribution in [0.3, 0.4) is 0 Å². The molecule has 1 aromatic carbocycles. The van der Waals surface area contributed by atoms with Gasteiger partial charge in [0.25, 0.3) is 0 Å². The first-order valence-electron chi connectivity index (χ1n) is 5.13. The Morgan fingerprint density at radius 3 is 2.79 bits per heavy atom. The second kappa shape index (κ2) is 4.77. The van der Waals surface area contributed by atoms with Gasteiger partial charge in [0.15, 0.2) is 11.4 Å². The summed E-state index contributed by atoms with van der Waals surface area (Å²) in [5, 5.41) is 19.9. The van der Waals surface area contributed by atoms with Gasteiger partial charge in [-0.2, -0.15) is 0 Å². The minimum atomic E-state index is -1.20. The van der Waals surface area contributed by atoms with Crippen molar-refractivity contribution in [1.29, 1.82) is 0 Å². The Bertz CT molecular complexity index is 650. The standard InChI is InChI=1S/C11H9N3O5/c1-19-9-4-2-3-8(10(9)14(17)18)13-5-7(11(15)16)12-6-13/h2-6H,1H3,(H,15,16). The third-order valence-electron chi connectivity index (χ3n) is 2.46. The second-order valence-corrected chi connectivity index (χ2v) is 3.56. The van der Waals surface area contributed by atoms with Crippen LogP contribution in [0.4, 0.5) is 5.69 Å². The molecule has 0 bridgehead atoms. The number of aromatic carboxylic acids is 1. The molecular weight excluding hydrogens is 254 g/mol. The molecule has 2 rings (SSSR count). The molecular formula is C11H9N3O5. The lowest BCUT2D eigenvalue weighted by atomic mass is 10.2. The maximum Gasteiger partial charge on any atom is 0.356 e. The van der Waals surface area contributed by atoms with E-state index in [1.165, 1.54) is 36.3 Å². The Balaban J connectivity index is 2.60. The van der Waals surface area contributed by atoms with Gasteiger partial charge in [0, 0.05) is 6.20 Å². The zero-order valence-electron chi connectivity index (χ0n) is 9.81. The first-order chi connectivity index (χ1) is 9.04. The maximum atomic E-state index is 11.1. The molecule has 0 amide bonds. The molecule has 0 saturated heterocycles. The third kappa shape index (κ3) is 2.23. The molecule has 0 aliphatic rings. The number of nitro groups is 1. The van der Waals surface area contributed by atoms with Crippen LogP contribution in [-0.4, -0.2) is 32.7 Å². The van der Waals surface area contributed by atoms with Crippen molar-refractivity contribution in [3.05, 3.63) is 46.5 Å². The van der Waals surface area contributed by atoms with E-state index in [0.29, 0.717) is 0 Å². The molecule has 1 heterocycles. The molecule has 0 unspecified atom stereocenters. The van der Waals surface area contributed by atoms with Crippen molar-refractivity contribution in [3.8, 4) is 11.4 Å². The van der Waals surface area contributed by atoms with Gasteiger partial charge in [-0.05, 0) is 12.1 Å². The van der Waals surface area contributed by atoms with Crippen LogP contribution in [0, 0.1) is 10.1 Å². The predicted molar refractivity (Wildman–Crippen MR) is 63.7 cm³/mol. The van der Waals surface area contributed by atoms with Crippen molar-refractivity contribution in [2.45, 2.75) is 0 Å². The molecule has 19 heavy (non-hydrogen) atoms. The van der Waals surface area contributed by atoms with Gasteiger partial charge in [-0.1, -0.05) is 6.07 Å². The first kappa shape index (κ1) is 12.6. The van der Waals surface area contributed by atoms with Gasteiger partial charge < -0.3 is 9.84 Å². The summed E-state index contributed by atoms with van der Waals surface area (Å²) in [5.41, 5.74) is -0.263. The minimum absolute atomic E-state index is 0.0908. The fourth-order valence-electron chi connectivity index (χ4n) is 1.63. The van der Waals surface area contributed by atoms with Crippen molar-refractivity contribution < 1.29 is 19.6 Å². The second-order valence-electron chi connectivity index (χ2n) is 3.56. The number of benzene rings is 1. The van der Waals surface area contributed by atoms with E-state index < -0.39 is 10.9 Å². The van der Waals surface area contributed by atoms with Gasteiger partial charge in [-0.25, -0.2) is 9.78 Å². The van der Waals surface area contributed by atoms with Crippen LogP contribution in [-0.2, 0) is 0 Å². The summed E-state index contributed by atoms with van der Waals surface area (Å²) in [7, 11) is 1.32. The Kier molecular flexibility index (Phi) is 3.15. The van der Waals surface area contributed by atoms with Crippen molar-refractivity contribution >= 4 is 11.7 Å². The Morgan fingerprint density at radius 1 is 1.53 bits per heavy atom. The average molecular weight is 263 g/mol. The van der Waals surface area contributed by atoms with E-state index in [1.807, 2.05) is 0 Å². The molecule has 0 aliphatic carbocycles. The molecule has 1 N–H and O–H groups in total. The van der Waals surface area contributed by atoms with E-state index in [4.69, 9.17) is 9.84 Å². The van der Waals surface area contributed by atoms with E-state index in [9.17, 15) is 14.9 Å². The number of rotatable bonds is 4. The number of carbonyl (C=O) groups is 1. The maximum absolute atomic E-state index is 11.1. The molecule has 0 fully saturated rings. The lowest BCUT2D eigenvalue weighted by molar-refractivity contribution is -0.385. The summed E-state index contributed by atoms with van der Waals surface area (Å²) in [5.74, 6) is -1.11. The summed E-state index contributed by atoms with van der Waals surface area (Å²) in [6, 6.07) is 4.51.